The Labute approximate surface area is 226 Å². The van der Waals surface area contributed by atoms with Crippen molar-refractivity contribution < 1.29 is 17.6 Å². The number of aromatic nitrogens is 5. The van der Waals surface area contributed by atoms with Gasteiger partial charge < -0.3 is 10.6 Å². The molecule has 0 spiro atoms. The monoisotopic (exact) mass is 564 g/mol. The number of halogens is 1. The van der Waals surface area contributed by atoms with Gasteiger partial charge in [0, 0.05) is 35.8 Å². The van der Waals surface area contributed by atoms with Crippen LogP contribution in [0, 0.1) is 5.82 Å². The van der Waals surface area contributed by atoms with Crippen LogP contribution < -0.4 is 10.6 Å². The Morgan fingerprint density at radius 2 is 1.87 bits per heavy atom. The quantitative estimate of drug-likeness (QED) is 0.261. The van der Waals surface area contributed by atoms with Gasteiger partial charge in [0.25, 0.3) is 5.91 Å². The van der Waals surface area contributed by atoms with Crippen molar-refractivity contribution in [3.05, 3.63) is 90.6 Å². The Bertz CT molecular complexity index is 1770. The second-order valence-electron chi connectivity index (χ2n) is 8.75. The average Bonchev–Trinajstić information content (AvgIpc) is 3.56. The first-order valence-corrected chi connectivity index (χ1v) is 14.1. The molecule has 1 saturated heterocycles. The Kier molecular flexibility index (Phi) is 6.50. The number of hydrogen-bond acceptors (Lipinski definition) is 8. The molecule has 0 saturated carbocycles. The van der Waals surface area contributed by atoms with Crippen molar-refractivity contribution in [3.8, 4) is 0 Å². The number of aromatic amines is 1. The predicted molar refractivity (Wildman–Crippen MR) is 142 cm³/mol. The highest BCUT2D eigenvalue weighted by atomic mass is 32.2. The standard InChI is InChI=1S/C25H21FN8O3S2/c26-17-6-8-20(9-7-17)39(36,37)33-13-18(14-33)29-24(35)16-3-1-4-19(11-16)38-23-12-21(31-32-23)30-25-28-15-27-22-5-2-10-34(22)25/h1-12,15,18H,13-14H2,(H,29,35)(H2,27,28,30,31,32). The van der Waals surface area contributed by atoms with Crippen molar-refractivity contribution in [1.29, 1.82) is 0 Å². The molecular weight excluding hydrogens is 543 g/mol. The van der Waals surface area contributed by atoms with Crippen molar-refractivity contribution in [2.75, 3.05) is 18.4 Å². The van der Waals surface area contributed by atoms with Crippen LogP contribution in [0.25, 0.3) is 5.65 Å². The second-order valence-corrected chi connectivity index (χ2v) is 11.8. The molecular formula is C25H21FN8O3S2. The zero-order chi connectivity index (χ0) is 27.0. The summed E-state index contributed by atoms with van der Waals surface area (Å²) < 4.78 is 41.5. The van der Waals surface area contributed by atoms with E-state index in [1.54, 1.807) is 18.2 Å². The van der Waals surface area contributed by atoms with Crippen LogP contribution >= 0.6 is 11.8 Å². The fraction of sp³-hybridized carbons (Fsp3) is 0.120. The van der Waals surface area contributed by atoms with E-state index in [1.807, 2.05) is 34.9 Å². The molecule has 1 aliphatic heterocycles. The Hall–Kier alpha value is -4.27. The number of hydrogen-bond donors (Lipinski definition) is 3. The highest BCUT2D eigenvalue weighted by molar-refractivity contribution is 7.99. The summed E-state index contributed by atoms with van der Waals surface area (Å²) in [6.07, 6.45) is 3.32. The molecule has 1 fully saturated rings. The fourth-order valence-electron chi connectivity index (χ4n) is 4.07. The van der Waals surface area contributed by atoms with Gasteiger partial charge in [0.2, 0.25) is 16.0 Å². The molecule has 2 aromatic carbocycles. The Balaban J connectivity index is 1.06. The summed E-state index contributed by atoms with van der Waals surface area (Å²) in [4.78, 5) is 22.1. The van der Waals surface area contributed by atoms with Gasteiger partial charge in [0.15, 0.2) is 5.82 Å². The third kappa shape index (κ3) is 5.21. The number of amides is 1. The summed E-state index contributed by atoms with van der Waals surface area (Å²) in [7, 11) is -3.73. The van der Waals surface area contributed by atoms with Crippen LogP contribution in [-0.4, -0.2) is 62.3 Å². The lowest BCUT2D eigenvalue weighted by Gasteiger charge is -2.38. The van der Waals surface area contributed by atoms with Crippen LogP contribution in [0.1, 0.15) is 10.4 Å². The minimum absolute atomic E-state index is 0.0191. The Morgan fingerprint density at radius 1 is 1.05 bits per heavy atom. The van der Waals surface area contributed by atoms with Gasteiger partial charge in [-0.15, -0.1) is 0 Å². The van der Waals surface area contributed by atoms with E-state index in [2.05, 4.69) is 30.8 Å². The van der Waals surface area contributed by atoms with Crippen molar-refractivity contribution in [3.63, 3.8) is 0 Å². The summed E-state index contributed by atoms with van der Waals surface area (Å²) in [6, 6.07) is 17.1. The summed E-state index contributed by atoms with van der Waals surface area (Å²) in [5.74, 6) is 0.346. The minimum atomic E-state index is -3.73. The number of fused-ring (bicyclic) bond motifs is 1. The van der Waals surface area contributed by atoms with Gasteiger partial charge in [-0.2, -0.15) is 9.40 Å². The maximum atomic E-state index is 13.1. The number of H-pyrrole nitrogens is 1. The number of carbonyl (C=O) groups is 1. The molecule has 1 amide bonds. The first-order chi connectivity index (χ1) is 18.8. The topological polar surface area (TPSA) is 137 Å². The van der Waals surface area contributed by atoms with E-state index in [-0.39, 0.29) is 29.9 Å². The normalized spacial score (nSPS) is 14.3. The van der Waals surface area contributed by atoms with E-state index in [9.17, 15) is 17.6 Å². The molecule has 0 unspecified atom stereocenters. The number of sulfonamides is 1. The highest BCUT2D eigenvalue weighted by Crippen LogP contribution is 2.29. The van der Waals surface area contributed by atoms with E-state index < -0.39 is 15.8 Å². The van der Waals surface area contributed by atoms with E-state index in [0.29, 0.717) is 17.3 Å². The molecule has 14 heteroatoms. The lowest BCUT2D eigenvalue weighted by atomic mass is 10.1. The number of anilines is 2. The molecule has 0 bridgehead atoms. The number of nitrogens with zero attached hydrogens (tertiary/aromatic N) is 5. The molecule has 198 valence electrons. The van der Waals surface area contributed by atoms with Crippen molar-refractivity contribution in [1.82, 2.24) is 34.2 Å². The summed E-state index contributed by atoms with van der Waals surface area (Å²) in [5.41, 5.74) is 1.21. The lowest BCUT2D eigenvalue weighted by Crippen LogP contribution is -2.60. The first-order valence-electron chi connectivity index (χ1n) is 11.8. The third-order valence-electron chi connectivity index (χ3n) is 6.08. The summed E-state index contributed by atoms with van der Waals surface area (Å²) in [6.45, 7) is 0.289. The van der Waals surface area contributed by atoms with Crippen molar-refractivity contribution >= 4 is 45.1 Å². The zero-order valence-electron chi connectivity index (χ0n) is 20.2. The SMILES string of the molecule is O=C(NC1CN(S(=O)(=O)c2ccc(F)cc2)C1)c1cccc(Sc2cc(Nc3ncnc4cccn34)n[nH]2)c1. The van der Waals surface area contributed by atoms with Gasteiger partial charge in [0.1, 0.15) is 17.8 Å². The molecule has 0 atom stereocenters. The lowest BCUT2D eigenvalue weighted by molar-refractivity contribution is 0.0895. The van der Waals surface area contributed by atoms with Gasteiger partial charge in [-0.25, -0.2) is 22.8 Å². The zero-order valence-corrected chi connectivity index (χ0v) is 21.8. The van der Waals surface area contributed by atoms with Crippen LogP contribution in [0.3, 0.4) is 0 Å². The predicted octanol–water partition coefficient (Wildman–Crippen LogP) is 3.29. The molecule has 6 rings (SSSR count). The smallest absolute Gasteiger partial charge is 0.251 e. The number of benzene rings is 2. The largest absolute Gasteiger partial charge is 0.347 e. The molecule has 4 heterocycles. The third-order valence-corrected chi connectivity index (χ3v) is 8.84. The van der Waals surface area contributed by atoms with Gasteiger partial charge in [-0.1, -0.05) is 17.8 Å². The van der Waals surface area contributed by atoms with Gasteiger partial charge in [0.05, 0.1) is 16.0 Å². The van der Waals surface area contributed by atoms with Gasteiger partial charge >= 0.3 is 0 Å². The van der Waals surface area contributed by atoms with Crippen molar-refractivity contribution in [2.45, 2.75) is 20.9 Å². The number of nitrogens with one attached hydrogen (secondary N) is 3. The van der Waals surface area contributed by atoms with E-state index in [1.165, 1.54) is 34.5 Å². The fourth-order valence-corrected chi connectivity index (χ4v) is 6.45. The number of carbonyl (C=O) groups excluding carboxylic acids is 1. The molecule has 1 aliphatic rings. The Morgan fingerprint density at radius 3 is 2.69 bits per heavy atom. The number of rotatable bonds is 8. The van der Waals surface area contributed by atoms with Crippen LogP contribution in [0.15, 0.2) is 94.1 Å². The van der Waals surface area contributed by atoms with E-state index in [0.717, 1.165) is 27.7 Å². The second kappa shape index (κ2) is 10.1. The van der Waals surface area contributed by atoms with Gasteiger partial charge in [-0.05, 0) is 54.6 Å². The van der Waals surface area contributed by atoms with E-state index >= 15 is 0 Å². The van der Waals surface area contributed by atoms with Crippen LogP contribution in [0.4, 0.5) is 16.2 Å². The summed E-state index contributed by atoms with van der Waals surface area (Å²) in [5, 5.41) is 14.0. The first kappa shape index (κ1) is 25.0. The molecule has 3 aromatic heterocycles. The van der Waals surface area contributed by atoms with Crippen LogP contribution in [-0.2, 0) is 10.0 Å². The summed E-state index contributed by atoms with van der Waals surface area (Å²) >= 11 is 1.40. The van der Waals surface area contributed by atoms with Crippen LogP contribution in [0.5, 0.6) is 0 Å². The van der Waals surface area contributed by atoms with Gasteiger partial charge in [-0.3, -0.25) is 14.3 Å². The highest BCUT2D eigenvalue weighted by Gasteiger charge is 2.37. The molecule has 3 N–H and O–H groups in total. The average molecular weight is 565 g/mol. The molecule has 0 radical (unpaired) electrons. The maximum Gasteiger partial charge on any atom is 0.251 e. The van der Waals surface area contributed by atoms with E-state index in [4.69, 9.17) is 0 Å². The minimum Gasteiger partial charge on any atom is -0.347 e. The molecule has 11 nitrogen and oxygen atoms in total. The van der Waals surface area contributed by atoms with Crippen molar-refractivity contribution in [2.24, 2.45) is 0 Å². The molecule has 0 aliphatic carbocycles. The molecule has 39 heavy (non-hydrogen) atoms. The maximum absolute atomic E-state index is 13.1. The molecule has 5 aromatic rings. The van der Waals surface area contributed by atoms with Crippen LogP contribution in [0.2, 0.25) is 0 Å².